The first kappa shape index (κ1) is 14.7. The lowest BCUT2D eigenvalue weighted by molar-refractivity contribution is 0.225. The lowest BCUT2D eigenvalue weighted by Gasteiger charge is -2.34. The van der Waals surface area contributed by atoms with E-state index in [1.165, 1.54) is 49.9 Å². The van der Waals surface area contributed by atoms with Crippen LogP contribution in [-0.4, -0.2) is 31.1 Å². The summed E-state index contributed by atoms with van der Waals surface area (Å²) in [6.07, 6.45) is 5.11. The quantitative estimate of drug-likeness (QED) is 0.839. The van der Waals surface area contributed by atoms with Crippen molar-refractivity contribution in [1.82, 2.24) is 4.90 Å². The van der Waals surface area contributed by atoms with Crippen molar-refractivity contribution in [2.24, 2.45) is 0 Å². The molecule has 0 spiro atoms. The molecule has 0 bridgehead atoms. The molecule has 0 N–H and O–H groups in total. The Morgan fingerprint density at radius 1 is 1.32 bits per heavy atom. The van der Waals surface area contributed by atoms with Crippen molar-refractivity contribution >= 4 is 12.4 Å². The molecule has 0 saturated carbocycles. The summed E-state index contributed by atoms with van der Waals surface area (Å²) in [5.41, 5.74) is 3.03. The van der Waals surface area contributed by atoms with Crippen LogP contribution in [0.1, 0.15) is 43.2 Å². The fourth-order valence-electron chi connectivity index (χ4n) is 3.91. The van der Waals surface area contributed by atoms with Crippen LogP contribution in [0.25, 0.3) is 0 Å². The maximum atomic E-state index is 5.60. The number of ether oxygens (including phenoxy) is 1. The van der Waals surface area contributed by atoms with E-state index >= 15 is 0 Å². The third kappa shape index (κ3) is 2.48. The Morgan fingerprint density at radius 3 is 2.89 bits per heavy atom. The second-order valence-electron chi connectivity index (χ2n) is 5.57. The normalized spacial score (nSPS) is 25.4. The summed E-state index contributed by atoms with van der Waals surface area (Å²) < 4.78 is 5.60. The minimum Gasteiger partial charge on any atom is -0.496 e. The van der Waals surface area contributed by atoms with E-state index in [0.29, 0.717) is 5.92 Å². The predicted octanol–water partition coefficient (Wildman–Crippen LogP) is 3.63. The zero-order chi connectivity index (χ0) is 12.5. The second kappa shape index (κ2) is 6.15. The number of aryl methyl sites for hydroxylation is 1. The fraction of sp³-hybridized carbons (Fsp3) is 0.625. The maximum absolute atomic E-state index is 5.60. The minimum atomic E-state index is 0. The molecule has 1 heterocycles. The largest absolute Gasteiger partial charge is 0.496 e. The molecule has 1 fully saturated rings. The van der Waals surface area contributed by atoms with Crippen molar-refractivity contribution in [1.29, 1.82) is 0 Å². The molecule has 1 aromatic carbocycles. The summed E-state index contributed by atoms with van der Waals surface area (Å²) in [6, 6.07) is 7.31. The third-order valence-corrected chi connectivity index (χ3v) is 4.63. The average Bonchev–Trinajstić information content (AvgIpc) is 2.82. The Labute approximate surface area is 122 Å². The van der Waals surface area contributed by atoms with Crippen LogP contribution in [0.5, 0.6) is 5.75 Å². The Morgan fingerprint density at radius 2 is 2.16 bits per heavy atom. The van der Waals surface area contributed by atoms with E-state index in [9.17, 15) is 0 Å². The predicted molar refractivity (Wildman–Crippen MR) is 81.6 cm³/mol. The van der Waals surface area contributed by atoms with Crippen LogP contribution in [0.3, 0.4) is 0 Å². The summed E-state index contributed by atoms with van der Waals surface area (Å²) in [5.74, 6) is 1.82. The van der Waals surface area contributed by atoms with Gasteiger partial charge in [-0.1, -0.05) is 19.1 Å². The van der Waals surface area contributed by atoms with Crippen LogP contribution in [0.2, 0.25) is 0 Å². The lowest BCUT2D eigenvalue weighted by Crippen LogP contribution is -2.35. The average molecular weight is 282 g/mol. The zero-order valence-corrected chi connectivity index (χ0v) is 12.7. The molecule has 0 aromatic heterocycles. The van der Waals surface area contributed by atoms with Gasteiger partial charge >= 0.3 is 0 Å². The molecule has 1 aromatic rings. The van der Waals surface area contributed by atoms with Crippen LogP contribution in [0, 0.1) is 0 Å². The highest BCUT2D eigenvalue weighted by Gasteiger charge is 2.39. The number of hydrogen-bond acceptors (Lipinski definition) is 2. The van der Waals surface area contributed by atoms with Crippen LogP contribution in [0.4, 0.5) is 0 Å². The first-order chi connectivity index (χ1) is 8.85. The highest BCUT2D eigenvalue weighted by molar-refractivity contribution is 5.85. The van der Waals surface area contributed by atoms with E-state index in [1.54, 1.807) is 7.11 Å². The zero-order valence-electron chi connectivity index (χ0n) is 11.9. The Kier molecular flexibility index (Phi) is 4.75. The molecule has 3 rings (SSSR count). The molecular formula is C16H24ClNO. The molecule has 1 saturated heterocycles. The van der Waals surface area contributed by atoms with Crippen LogP contribution >= 0.6 is 12.4 Å². The van der Waals surface area contributed by atoms with Gasteiger partial charge in [0.15, 0.2) is 0 Å². The van der Waals surface area contributed by atoms with Gasteiger partial charge in [-0.25, -0.2) is 0 Å². The van der Waals surface area contributed by atoms with Gasteiger partial charge in [0.1, 0.15) is 5.75 Å². The first-order valence-corrected chi connectivity index (χ1v) is 7.25. The SMILES string of the molecule is CCCN1CCC2c3c(cccc3OC)CCC21.Cl. The summed E-state index contributed by atoms with van der Waals surface area (Å²) >= 11 is 0. The molecule has 1 aliphatic carbocycles. The molecule has 2 unspecified atom stereocenters. The van der Waals surface area contributed by atoms with Gasteiger partial charge in [-0.3, -0.25) is 4.90 Å². The molecule has 1 aliphatic heterocycles. The smallest absolute Gasteiger partial charge is 0.122 e. The highest BCUT2D eigenvalue weighted by Crippen LogP contribution is 2.45. The summed E-state index contributed by atoms with van der Waals surface area (Å²) in [7, 11) is 1.80. The summed E-state index contributed by atoms with van der Waals surface area (Å²) in [5, 5.41) is 0. The Hall–Kier alpha value is -0.730. The number of nitrogens with zero attached hydrogens (tertiary/aromatic N) is 1. The molecule has 3 heteroatoms. The van der Waals surface area contributed by atoms with Crippen molar-refractivity contribution in [2.75, 3.05) is 20.2 Å². The molecule has 0 amide bonds. The lowest BCUT2D eigenvalue weighted by atomic mass is 9.79. The highest BCUT2D eigenvalue weighted by atomic mass is 35.5. The number of fused-ring (bicyclic) bond motifs is 3. The van der Waals surface area contributed by atoms with Crippen molar-refractivity contribution in [3.05, 3.63) is 29.3 Å². The molecule has 0 radical (unpaired) electrons. The second-order valence-corrected chi connectivity index (χ2v) is 5.57. The molecule has 2 aliphatic rings. The van der Waals surface area contributed by atoms with Crippen LogP contribution in [0.15, 0.2) is 18.2 Å². The van der Waals surface area contributed by atoms with Gasteiger partial charge in [-0.2, -0.15) is 0 Å². The number of rotatable bonds is 3. The van der Waals surface area contributed by atoms with Gasteiger partial charge in [0.05, 0.1) is 7.11 Å². The maximum Gasteiger partial charge on any atom is 0.122 e. The number of likely N-dealkylation sites (tertiary alicyclic amines) is 1. The fourth-order valence-corrected chi connectivity index (χ4v) is 3.91. The van der Waals surface area contributed by atoms with Crippen LogP contribution in [-0.2, 0) is 6.42 Å². The Balaban J connectivity index is 0.00000133. The number of hydrogen-bond donors (Lipinski definition) is 0. The number of halogens is 1. The van der Waals surface area contributed by atoms with Crippen molar-refractivity contribution < 1.29 is 4.74 Å². The molecular weight excluding hydrogens is 258 g/mol. The first-order valence-electron chi connectivity index (χ1n) is 7.25. The molecule has 2 nitrogen and oxygen atoms in total. The van der Waals surface area contributed by atoms with Crippen molar-refractivity contribution in [3.63, 3.8) is 0 Å². The molecule has 106 valence electrons. The van der Waals surface area contributed by atoms with Gasteiger partial charge in [0.25, 0.3) is 0 Å². The van der Waals surface area contributed by atoms with E-state index in [-0.39, 0.29) is 12.4 Å². The van der Waals surface area contributed by atoms with Crippen molar-refractivity contribution in [3.8, 4) is 5.75 Å². The van der Waals surface area contributed by atoms with Gasteiger partial charge in [0.2, 0.25) is 0 Å². The number of methoxy groups -OCH3 is 1. The molecule has 2 atom stereocenters. The Bertz CT molecular complexity index is 421. The van der Waals surface area contributed by atoms with E-state index in [4.69, 9.17) is 4.74 Å². The van der Waals surface area contributed by atoms with E-state index < -0.39 is 0 Å². The molecule has 19 heavy (non-hydrogen) atoms. The van der Waals surface area contributed by atoms with Gasteiger partial charge in [-0.05, 0) is 50.4 Å². The van der Waals surface area contributed by atoms with Gasteiger partial charge < -0.3 is 4.74 Å². The van der Waals surface area contributed by atoms with Crippen LogP contribution < -0.4 is 4.74 Å². The minimum absolute atomic E-state index is 0. The number of benzene rings is 1. The van der Waals surface area contributed by atoms with Gasteiger partial charge in [-0.15, -0.1) is 12.4 Å². The standard InChI is InChI=1S/C16H23NO.ClH/c1-3-10-17-11-9-13-14(17)8-7-12-5-4-6-15(18-2)16(12)13;/h4-6,13-14H,3,7-11H2,1-2H3;1H. The third-order valence-electron chi connectivity index (χ3n) is 4.63. The monoisotopic (exact) mass is 281 g/mol. The van der Waals surface area contributed by atoms with E-state index in [1.807, 2.05) is 0 Å². The summed E-state index contributed by atoms with van der Waals surface area (Å²) in [6.45, 7) is 4.80. The summed E-state index contributed by atoms with van der Waals surface area (Å²) in [4.78, 5) is 2.69. The van der Waals surface area contributed by atoms with E-state index in [0.717, 1.165) is 11.8 Å². The topological polar surface area (TPSA) is 12.5 Å². The van der Waals surface area contributed by atoms with Crippen molar-refractivity contribution in [2.45, 2.75) is 44.6 Å². The van der Waals surface area contributed by atoms with Gasteiger partial charge in [0, 0.05) is 17.5 Å². The van der Waals surface area contributed by atoms with E-state index in [2.05, 4.69) is 30.0 Å².